The van der Waals surface area contributed by atoms with E-state index in [1.165, 1.54) is 16.3 Å². The molecule has 0 fully saturated rings. The molecule has 0 atom stereocenters. The van der Waals surface area contributed by atoms with Crippen molar-refractivity contribution in [1.82, 2.24) is 14.3 Å². The highest BCUT2D eigenvalue weighted by Gasteiger charge is 2.09. The Kier molecular flexibility index (Phi) is 3.88. The van der Waals surface area contributed by atoms with Crippen molar-refractivity contribution in [1.29, 1.82) is 0 Å². The monoisotopic (exact) mass is 331 g/mol. The maximum atomic E-state index is 12.6. The fraction of sp³-hybridized carbons (Fsp3) is 0.238. The molecule has 4 rings (SSSR count). The third-order valence-corrected chi connectivity index (χ3v) is 4.48. The van der Waals surface area contributed by atoms with E-state index >= 15 is 0 Å². The Hall–Kier alpha value is -2.88. The molecule has 4 nitrogen and oxygen atoms in total. The van der Waals surface area contributed by atoms with Gasteiger partial charge in [0.1, 0.15) is 0 Å². The second-order valence-electron chi connectivity index (χ2n) is 6.96. The normalized spacial score (nSPS) is 11.6. The number of rotatable bonds is 4. The number of fused-ring (bicyclic) bond motifs is 2. The Labute approximate surface area is 146 Å². The summed E-state index contributed by atoms with van der Waals surface area (Å²) < 4.78 is 3.64. The summed E-state index contributed by atoms with van der Waals surface area (Å²) in [5.74, 6) is 0.389. The first-order valence-corrected chi connectivity index (χ1v) is 8.64. The molecule has 0 bridgehead atoms. The molecule has 2 heterocycles. The molecule has 0 saturated heterocycles. The van der Waals surface area contributed by atoms with Gasteiger partial charge in [0.05, 0.1) is 11.6 Å². The molecule has 0 spiro atoms. The zero-order valence-electron chi connectivity index (χ0n) is 14.5. The maximum absolute atomic E-state index is 12.6. The molecule has 0 aliphatic rings. The SMILES string of the molecule is CC(C)Cn1ncc2cn(Cc3cccc4ccccc34)cc2c1=O. The molecule has 0 amide bonds. The zero-order chi connectivity index (χ0) is 17.4. The van der Waals surface area contributed by atoms with E-state index in [1.54, 1.807) is 10.9 Å². The van der Waals surface area contributed by atoms with Crippen molar-refractivity contribution in [3.05, 3.63) is 77.0 Å². The van der Waals surface area contributed by atoms with Gasteiger partial charge in [-0.25, -0.2) is 4.68 Å². The predicted molar refractivity (Wildman–Crippen MR) is 102 cm³/mol. The van der Waals surface area contributed by atoms with E-state index in [1.807, 2.05) is 12.4 Å². The minimum Gasteiger partial charge on any atom is -0.348 e. The van der Waals surface area contributed by atoms with E-state index in [9.17, 15) is 4.79 Å². The lowest BCUT2D eigenvalue weighted by molar-refractivity contribution is 0.467. The summed E-state index contributed by atoms with van der Waals surface area (Å²) in [6.07, 6.45) is 5.74. The van der Waals surface area contributed by atoms with Crippen LogP contribution in [0, 0.1) is 5.92 Å². The van der Waals surface area contributed by atoms with Crippen LogP contribution in [0.4, 0.5) is 0 Å². The topological polar surface area (TPSA) is 39.8 Å². The van der Waals surface area contributed by atoms with E-state index in [0.29, 0.717) is 12.5 Å². The minimum absolute atomic E-state index is 0.0112. The quantitative estimate of drug-likeness (QED) is 0.566. The van der Waals surface area contributed by atoms with Crippen molar-refractivity contribution in [2.75, 3.05) is 0 Å². The molecule has 0 radical (unpaired) electrons. The van der Waals surface area contributed by atoms with Gasteiger partial charge in [0.25, 0.3) is 5.56 Å². The van der Waals surface area contributed by atoms with Crippen LogP contribution in [0.5, 0.6) is 0 Å². The molecule has 0 N–H and O–H groups in total. The van der Waals surface area contributed by atoms with Gasteiger partial charge < -0.3 is 4.57 Å². The van der Waals surface area contributed by atoms with Gasteiger partial charge in [0.2, 0.25) is 0 Å². The second kappa shape index (κ2) is 6.20. The third-order valence-electron chi connectivity index (χ3n) is 4.48. The van der Waals surface area contributed by atoms with Crippen molar-refractivity contribution in [2.45, 2.75) is 26.9 Å². The number of hydrogen-bond acceptors (Lipinski definition) is 2. The Bertz CT molecular complexity index is 1100. The number of benzene rings is 2. The average Bonchev–Trinajstić information content (AvgIpc) is 3.01. The Morgan fingerprint density at radius 1 is 0.960 bits per heavy atom. The Balaban J connectivity index is 1.75. The van der Waals surface area contributed by atoms with Crippen LogP contribution in [0.15, 0.2) is 65.8 Å². The fourth-order valence-corrected chi connectivity index (χ4v) is 3.33. The molecule has 0 aliphatic carbocycles. The predicted octanol–water partition coefficient (Wildman–Crippen LogP) is 4.06. The van der Waals surface area contributed by atoms with Crippen LogP contribution < -0.4 is 5.56 Å². The molecule has 25 heavy (non-hydrogen) atoms. The molecule has 0 unspecified atom stereocenters. The van der Waals surface area contributed by atoms with E-state index < -0.39 is 0 Å². The Morgan fingerprint density at radius 2 is 1.76 bits per heavy atom. The van der Waals surface area contributed by atoms with Crippen LogP contribution >= 0.6 is 0 Å². The van der Waals surface area contributed by atoms with Crippen LogP contribution in [-0.2, 0) is 13.1 Å². The molecule has 2 aromatic carbocycles. The standard InChI is InChI=1S/C21H21N3O/c1-15(2)11-24-21(25)20-14-23(13-18(20)10-22-24)12-17-8-5-7-16-6-3-4-9-19(16)17/h3-10,13-15H,11-12H2,1-2H3. The number of aromatic nitrogens is 3. The maximum Gasteiger partial charge on any atom is 0.276 e. The summed E-state index contributed by atoms with van der Waals surface area (Å²) in [4.78, 5) is 12.6. The molecular weight excluding hydrogens is 310 g/mol. The van der Waals surface area contributed by atoms with E-state index in [4.69, 9.17) is 0 Å². The van der Waals surface area contributed by atoms with E-state index in [2.05, 4.69) is 66.0 Å². The van der Waals surface area contributed by atoms with E-state index in [0.717, 1.165) is 17.3 Å². The van der Waals surface area contributed by atoms with Crippen LogP contribution in [0.25, 0.3) is 21.5 Å². The summed E-state index contributed by atoms with van der Waals surface area (Å²) in [5.41, 5.74) is 1.23. The minimum atomic E-state index is -0.0112. The van der Waals surface area contributed by atoms with Gasteiger partial charge in [-0.15, -0.1) is 0 Å². The first-order valence-electron chi connectivity index (χ1n) is 8.64. The lowest BCUT2D eigenvalue weighted by Crippen LogP contribution is -2.24. The lowest BCUT2D eigenvalue weighted by Gasteiger charge is -2.07. The highest BCUT2D eigenvalue weighted by Crippen LogP contribution is 2.20. The summed E-state index contributed by atoms with van der Waals surface area (Å²) >= 11 is 0. The van der Waals surface area contributed by atoms with Gasteiger partial charge >= 0.3 is 0 Å². The van der Waals surface area contributed by atoms with Gasteiger partial charge in [-0.3, -0.25) is 4.79 Å². The zero-order valence-corrected chi connectivity index (χ0v) is 14.5. The van der Waals surface area contributed by atoms with Crippen LogP contribution in [0.1, 0.15) is 19.4 Å². The molecular formula is C21H21N3O. The molecule has 2 aromatic heterocycles. The van der Waals surface area contributed by atoms with Gasteiger partial charge in [-0.2, -0.15) is 5.10 Å². The van der Waals surface area contributed by atoms with Gasteiger partial charge in [-0.05, 0) is 22.3 Å². The van der Waals surface area contributed by atoms with Crippen molar-refractivity contribution in [2.24, 2.45) is 5.92 Å². The average molecular weight is 331 g/mol. The van der Waals surface area contributed by atoms with Crippen LogP contribution in [0.3, 0.4) is 0 Å². The van der Waals surface area contributed by atoms with Gasteiger partial charge in [-0.1, -0.05) is 56.3 Å². The fourth-order valence-electron chi connectivity index (χ4n) is 3.33. The van der Waals surface area contributed by atoms with E-state index in [-0.39, 0.29) is 5.56 Å². The summed E-state index contributed by atoms with van der Waals surface area (Å²) in [6, 6.07) is 14.7. The highest BCUT2D eigenvalue weighted by molar-refractivity contribution is 5.86. The van der Waals surface area contributed by atoms with Crippen molar-refractivity contribution in [3.63, 3.8) is 0 Å². The van der Waals surface area contributed by atoms with Crippen LogP contribution in [-0.4, -0.2) is 14.3 Å². The van der Waals surface area contributed by atoms with Crippen molar-refractivity contribution in [3.8, 4) is 0 Å². The summed E-state index contributed by atoms with van der Waals surface area (Å²) in [7, 11) is 0. The molecule has 126 valence electrons. The number of nitrogens with zero attached hydrogens (tertiary/aromatic N) is 3. The first kappa shape index (κ1) is 15.6. The summed E-state index contributed by atoms with van der Waals surface area (Å²) in [5, 5.41) is 8.42. The Morgan fingerprint density at radius 3 is 2.60 bits per heavy atom. The molecule has 0 aliphatic heterocycles. The smallest absolute Gasteiger partial charge is 0.276 e. The molecule has 0 saturated carbocycles. The first-order chi connectivity index (χ1) is 12.1. The molecule has 4 heteroatoms. The van der Waals surface area contributed by atoms with Crippen LogP contribution in [0.2, 0.25) is 0 Å². The number of hydrogen-bond donors (Lipinski definition) is 0. The van der Waals surface area contributed by atoms with Gasteiger partial charge in [0.15, 0.2) is 0 Å². The van der Waals surface area contributed by atoms with Gasteiger partial charge in [0, 0.05) is 30.9 Å². The second-order valence-corrected chi connectivity index (χ2v) is 6.96. The van der Waals surface area contributed by atoms with Crippen molar-refractivity contribution < 1.29 is 0 Å². The third kappa shape index (κ3) is 2.95. The van der Waals surface area contributed by atoms with Crippen molar-refractivity contribution >= 4 is 21.5 Å². The summed E-state index contributed by atoms with van der Waals surface area (Å²) in [6.45, 7) is 5.55. The molecule has 4 aromatic rings. The highest BCUT2D eigenvalue weighted by atomic mass is 16.1. The largest absolute Gasteiger partial charge is 0.348 e. The lowest BCUT2D eigenvalue weighted by atomic mass is 10.0.